The summed E-state index contributed by atoms with van der Waals surface area (Å²) < 4.78 is 5.42. The second-order valence-corrected chi connectivity index (χ2v) is 3.57. The minimum atomic E-state index is 0.198. The molecule has 0 aliphatic carbocycles. The van der Waals surface area contributed by atoms with Crippen molar-refractivity contribution in [2.75, 3.05) is 13.2 Å². The minimum Gasteiger partial charge on any atom is -0.479 e. The van der Waals surface area contributed by atoms with E-state index in [1.54, 1.807) is 0 Å². The highest BCUT2D eigenvalue weighted by molar-refractivity contribution is 5.78. The number of ether oxygens (including phenoxy) is 1. The second kappa shape index (κ2) is 4.45. The summed E-state index contributed by atoms with van der Waals surface area (Å²) in [5, 5.41) is 0. The highest BCUT2D eigenvalue weighted by atomic mass is 16.5. The van der Waals surface area contributed by atoms with E-state index in [1.807, 2.05) is 0 Å². The molecule has 0 fully saturated rings. The van der Waals surface area contributed by atoms with Crippen LogP contribution in [0.5, 0.6) is 0 Å². The van der Waals surface area contributed by atoms with Crippen LogP contribution in [0, 0.1) is 5.41 Å². The van der Waals surface area contributed by atoms with E-state index in [4.69, 9.17) is 4.74 Å². The molecule has 0 radical (unpaired) electrons. The molecule has 0 unspecified atom stereocenters. The van der Waals surface area contributed by atoms with Gasteiger partial charge in [-0.25, -0.2) is 0 Å². The first kappa shape index (κ1) is 10.3. The van der Waals surface area contributed by atoms with Crippen LogP contribution >= 0.6 is 0 Å². The Morgan fingerprint density at radius 2 is 2.23 bits per heavy atom. The van der Waals surface area contributed by atoms with Gasteiger partial charge in [-0.1, -0.05) is 19.9 Å². The molecule has 0 saturated heterocycles. The lowest BCUT2D eigenvalue weighted by atomic mass is 9.79. The lowest BCUT2D eigenvalue weighted by Crippen LogP contribution is -2.20. The van der Waals surface area contributed by atoms with E-state index in [2.05, 4.69) is 31.5 Å². The highest BCUT2D eigenvalue weighted by Crippen LogP contribution is 2.32. The summed E-state index contributed by atoms with van der Waals surface area (Å²) >= 11 is 0. The van der Waals surface area contributed by atoms with Gasteiger partial charge in [0.2, 0.25) is 0 Å². The molecule has 0 atom stereocenters. The summed E-state index contributed by atoms with van der Waals surface area (Å²) in [6, 6.07) is 0. The third kappa shape index (κ3) is 2.33. The lowest BCUT2D eigenvalue weighted by Gasteiger charge is -2.27. The Bertz CT molecular complexity index is 204. The predicted octanol–water partition coefficient (Wildman–Crippen LogP) is 2.80. The monoisotopic (exact) mass is 181 g/mol. The standard InChI is InChI=1S/C11H19NO/c1-4-11(5-2,6-3)9-10-12-7-8-13-10/h4H,1,5-9H2,2-3H3. The fourth-order valence-electron chi connectivity index (χ4n) is 1.65. The van der Waals surface area contributed by atoms with E-state index in [1.165, 1.54) is 0 Å². The van der Waals surface area contributed by atoms with Crippen LogP contribution in [0.1, 0.15) is 33.1 Å². The molecule has 0 spiro atoms. The third-order valence-electron chi connectivity index (χ3n) is 2.99. The van der Waals surface area contributed by atoms with Gasteiger partial charge in [0.15, 0.2) is 5.90 Å². The smallest absolute Gasteiger partial charge is 0.184 e. The van der Waals surface area contributed by atoms with Gasteiger partial charge in [0.25, 0.3) is 0 Å². The van der Waals surface area contributed by atoms with E-state index < -0.39 is 0 Å². The SMILES string of the molecule is C=CC(CC)(CC)CC1=NCCO1. The van der Waals surface area contributed by atoms with Gasteiger partial charge in [0.05, 0.1) is 6.54 Å². The zero-order valence-corrected chi connectivity index (χ0v) is 8.68. The number of aliphatic imine (C=N–C) groups is 1. The van der Waals surface area contributed by atoms with Crippen LogP contribution in [-0.2, 0) is 4.74 Å². The molecular formula is C11H19NO. The Labute approximate surface area is 80.7 Å². The number of rotatable bonds is 5. The maximum Gasteiger partial charge on any atom is 0.184 e. The van der Waals surface area contributed by atoms with E-state index in [0.29, 0.717) is 0 Å². The number of hydrogen-bond acceptors (Lipinski definition) is 2. The maximum absolute atomic E-state index is 5.42. The molecule has 1 aliphatic rings. The number of hydrogen-bond donors (Lipinski definition) is 0. The van der Waals surface area contributed by atoms with Crippen molar-refractivity contribution in [2.45, 2.75) is 33.1 Å². The fraction of sp³-hybridized carbons (Fsp3) is 0.727. The topological polar surface area (TPSA) is 21.6 Å². The molecular weight excluding hydrogens is 162 g/mol. The molecule has 1 aliphatic heterocycles. The zero-order valence-electron chi connectivity index (χ0n) is 8.68. The van der Waals surface area contributed by atoms with Crippen molar-refractivity contribution in [3.8, 4) is 0 Å². The first-order chi connectivity index (χ1) is 6.26. The molecule has 0 saturated carbocycles. The van der Waals surface area contributed by atoms with Gasteiger partial charge >= 0.3 is 0 Å². The summed E-state index contributed by atoms with van der Waals surface area (Å²) in [5.41, 5.74) is 0.198. The first-order valence-electron chi connectivity index (χ1n) is 5.06. The first-order valence-corrected chi connectivity index (χ1v) is 5.06. The molecule has 0 aromatic carbocycles. The third-order valence-corrected chi connectivity index (χ3v) is 2.99. The summed E-state index contributed by atoms with van der Waals surface area (Å²) in [7, 11) is 0. The lowest BCUT2D eigenvalue weighted by molar-refractivity contribution is 0.297. The molecule has 0 aromatic heterocycles. The molecule has 13 heavy (non-hydrogen) atoms. The molecule has 74 valence electrons. The summed E-state index contributed by atoms with van der Waals surface area (Å²) in [6.07, 6.45) is 5.19. The molecule has 0 aromatic rings. The van der Waals surface area contributed by atoms with Gasteiger partial charge in [0.1, 0.15) is 6.61 Å². The fourth-order valence-corrected chi connectivity index (χ4v) is 1.65. The Morgan fingerprint density at radius 3 is 2.62 bits per heavy atom. The summed E-state index contributed by atoms with van der Waals surface area (Å²) in [4.78, 5) is 4.31. The Morgan fingerprint density at radius 1 is 1.54 bits per heavy atom. The summed E-state index contributed by atoms with van der Waals surface area (Å²) in [6.45, 7) is 9.89. The van der Waals surface area contributed by atoms with Crippen molar-refractivity contribution < 1.29 is 4.74 Å². The van der Waals surface area contributed by atoms with Gasteiger partial charge in [-0.15, -0.1) is 6.58 Å². The van der Waals surface area contributed by atoms with Crippen LogP contribution in [0.4, 0.5) is 0 Å². The van der Waals surface area contributed by atoms with E-state index in [-0.39, 0.29) is 5.41 Å². The maximum atomic E-state index is 5.42. The van der Waals surface area contributed by atoms with Crippen LogP contribution in [0.3, 0.4) is 0 Å². The van der Waals surface area contributed by atoms with Crippen LogP contribution in [-0.4, -0.2) is 19.0 Å². The quantitative estimate of drug-likeness (QED) is 0.598. The Kier molecular flexibility index (Phi) is 3.52. The van der Waals surface area contributed by atoms with Crippen molar-refractivity contribution in [3.63, 3.8) is 0 Å². The molecule has 2 heteroatoms. The molecule has 0 amide bonds. The van der Waals surface area contributed by atoms with Crippen LogP contribution < -0.4 is 0 Å². The number of allylic oxidation sites excluding steroid dienone is 1. The molecule has 1 rings (SSSR count). The minimum absolute atomic E-state index is 0.198. The van der Waals surface area contributed by atoms with Gasteiger partial charge in [-0.3, -0.25) is 4.99 Å². The van der Waals surface area contributed by atoms with Crippen molar-refractivity contribution in [1.82, 2.24) is 0 Å². The largest absolute Gasteiger partial charge is 0.479 e. The number of nitrogens with zero attached hydrogens (tertiary/aromatic N) is 1. The van der Waals surface area contributed by atoms with Crippen LogP contribution in [0.15, 0.2) is 17.6 Å². The molecule has 0 N–H and O–H groups in total. The van der Waals surface area contributed by atoms with Gasteiger partial charge in [-0.2, -0.15) is 0 Å². The molecule has 1 heterocycles. The van der Waals surface area contributed by atoms with Crippen molar-refractivity contribution in [3.05, 3.63) is 12.7 Å². The molecule has 2 nitrogen and oxygen atoms in total. The zero-order chi connectivity index (χ0) is 9.73. The Hall–Kier alpha value is -0.790. The van der Waals surface area contributed by atoms with Gasteiger partial charge in [-0.05, 0) is 18.3 Å². The van der Waals surface area contributed by atoms with E-state index in [9.17, 15) is 0 Å². The Balaban J connectivity index is 2.60. The van der Waals surface area contributed by atoms with Crippen molar-refractivity contribution in [2.24, 2.45) is 10.4 Å². The molecule has 0 bridgehead atoms. The average Bonchev–Trinajstić information content (AvgIpc) is 2.67. The second-order valence-electron chi connectivity index (χ2n) is 3.57. The highest BCUT2D eigenvalue weighted by Gasteiger charge is 2.26. The van der Waals surface area contributed by atoms with E-state index in [0.717, 1.165) is 38.3 Å². The van der Waals surface area contributed by atoms with Crippen LogP contribution in [0.2, 0.25) is 0 Å². The van der Waals surface area contributed by atoms with E-state index >= 15 is 0 Å². The van der Waals surface area contributed by atoms with Gasteiger partial charge in [0, 0.05) is 6.42 Å². The van der Waals surface area contributed by atoms with Crippen LogP contribution in [0.25, 0.3) is 0 Å². The van der Waals surface area contributed by atoms with Gasteiger partial charge < -0.3 is 4.74 Å². The average molecular weight is 181 g/mol. The summed E-state index contributed by atoms with van der Waals surface area (Å²) in [5.74, 6) is 0.920. The predicted molar refractivity (Wildman–Crippen MR) is 56.1 cm³/mol. The normalized spacial score (nSPS) is 16.6. The van der Waals surface area contributed by atoms with Crippen molar-refractivity contribution >= 4 is 5.90 Å². The van der Waals surface area contributed by atoms with Crippen molar-refractivity contribution in [1.29, 1.82) is 0 Å².